The van der Waals surface area contributed by atoms with Crippen molar-refractivity contribution in [1.82, 2.24) is 19.2 Å². The van der Waals surface area contributed by atoms with E-state index in [4.69, 9.17) is 0 Å². The van der Waals surface area contributed by atoms with Gasteiger partial charge in [0.1, 0.15) is 5.56 Å². The van der Waals surface area contributed by atoms with Crippen LogP contribution in [-0.4, -0.2) is 53.1 Å². The lowest BCUT2D eigenvalue weighted by Gasteiger charge is -2.34. The average Bonchev–Trinajstić information content (AvgIpc) is 3.39. The van der Waals surface area contributed by atoms with Gasteiger partial charge in [-0.15, -0.1) is 0 Å². The molecule has 1 atom stereocenters. The zero-order valence-corrected chi connectivity index (χ0v) is 19.1. The second-order valence-corrected chi connectivity index (χ2v) is 10.5. The van der Waals surface area contributed by atoms with E-state index in [1.165, 1.54) is 22.6 Å². The van der Waals surface area contributed by atoms with Crippen LogP contribution in [0, 0.1) is 0 Å². The fourth-order valence-electron chi connectivity index (χ4n) is 4.84. The summed E-state index contributed by atoms with van der Waals surface area (Å²) >= 11 is 0. The number of rotatable bonds is 4. The lowest BCUT2D eigenvalue weighted by Crippen LogP contribution is -2.38. The number of pyridine rings is 2. The number of likely N-dealkylation sites (tertiary alicyclic amines) is 1. The van der Waals surface area contributed by atoms with E-state index in [9.17, 15) is 18.0 Å². The molecule has 0 aliphatic carbocycles. The zero-order valence-electron chi connectivity index (χ0n) is 18.2. The van der Waals surface area contributed by atoms with Crippen molar-refractivity contribution in [3.63, 3.8) is 0 Å². The van der Waals surface area contributed by atoms with Crippen molar-refractivity contribution >= 4 is 26.8 Å². The van der Waals surface area contributed by atoms with Gasteiger partial charge in [0.2, 0.25) is 15.5 Å². The summed E-state index contributed by atoms with van der Waals surface area (Å²) in [4.78, 5) is 34.9. The summed E-state index contributed by atoms with van der Waals surface area (Å²) in [6.45, 7) is 1.68. The van der Waals surface area contributed by atoms with Gasteiger partial charge in [-0.3, -0.25) is 14.6 Å². The molecule has 1 unspecified atom stereocenters. The highest BCUT2D eigenvalue weighted by molar-refractivity contribution is 7.89. The van der Waals surface area contributed by atoms with Crippen LogP contribution in [0.4, 0.5) is 0 Å². The summed E-state index contributed by atoms with van der Waals surface area (Å²) in [6, 6.07) is 7.92. The number of fused-ring (bicyclic) bond motifs is 1. The van der Waals surface area contributed by atoms with Gasteiger partial charge in [-0.1, -0.05) is 12.5 Å². The van der Waals surface area contributed by atoms with E-state index < -0.39 is 15.5 Å². The Hall–Kier alpha value is -3.04. The van der Waals surface area contributed by atoms with Crippen LogP contribution >= 0.6 is 0 Å². The van der Waals surface area contributed by atoms with Crippen LogP contribution in [0.15, 0.2) is 58.6 Å². The molecule has 1 amide bonds. The topological polar surface area (TPSA) is 103 Å². The molecule has 1 aromatic carbocycles. The van der Waals surface area contributed by atoms with E-state index in [2.05, 4.69) is 9.97 Å². The van der Waals surface area contributed by atoms with Crippen LogP contribution in [0.2, 0.25) is 0 Å². The molecule has 2 aromatic heterocycles. The van der Waals surface area contributed by atoms with Crippen LogP contribution < -0.4 is 5.43 Å². The van der Waals surface area contributed by atoms with E-state index in [1.54, 1.807) is 23.4 Å². The number of sulfonamides is 1. The second kappa shape index (κ2) is 8.72. The summed E-state index contributed by atoms with van der Waals surface area (Å²) in [6.07, 6.45) is 9.09. The van der Waals surface area contributed by atoms with Gasteiger partial charge in [-0.25, -0.2) is 8.42 Å². The summed E-state index contributed by atoms with van der Waals surface area (Å²) in [5.74, 6) is -0.309. The molecule has 172 valence electrons. The number of hydrogen-bond donors (Lipinski definition) is 1. The summed E-state index contributed by atoms with van der Waals surface area (Å²) < 4.78 is 28.9. The van der Waals surface area contributed by atoms with Gasteiger partial charge in [-0.2, -0.15) is 4.31 Å². The number of carbonyl (C=O) groups excluding carboxylic acids is 1. The molecule has 2 aliphatic heterocycles. The van der Waals surface area contributed by atoms with E-state index in [0.717, 1.165) is 31.2 Å². The van der Waals surface area contributed by atoms with Crippen molar-refractivity contribution < 1.29 is 13.2 Å². The molecular formula is C24H26N4O4S. The second-order valence-electron chi connectivity index (χ2n) is 8.65. The molecule has 0 saturated carbocycles. The Kier molecular flexibility index (Phi) is 5.76. The molecule has 9 heteroatoms. The maximum atomic E-state index is 13.7. The Bertz CT molecular complexity index is 1350. The third-order valence-electron chi connectivity index (χ3n) is 6.61. The van der Waals surface area contributed by atoms with Gasteiger partial charge in [0.05, 0.1) is 10.9 Å². The Morgan fingerprint density at radius 1 is 1.06 bits per heavy atom. The summed E-state index contributed by atoms with van der Waals surface area (Å²) in [5, 5.41) is 0.205. The molecule has 2 aliphatic rings. The first-order chi connectivity index (χ1) is 16.0. The van der Waals surface area contributed by atoms with Crippen LogP contribution in [0.3, 0.4) is 0 Å². The number of amides is 1. The number of aromatic amines is 1. The van der Waals surface area contributed by atoms with E-state index in [1.807, 2.05) is 12.1 Å². The number of aromatic nitrogens is 2. The number of carbonyl (C=O) groups is 1. The fourth-order valence-corrected chi connectivity index (χ4v) is 6.55. The third kappa shape index (κ3) is 3.95. The van der Waals surface area contributed by atoms with Crippen molar-refractivity contribution in [3.8, 4) is 0 Å². The SMILES string of the molecule is O=C(c1c[nH]c2ccc(S(=O)(=O)N3CCCCC3c3cccnc3)cc2c1=O)N1CCCC1. The number of nitrogens with zero attached hydrogens (tertiary/aromatic N) is 3. The molecule has 0 bridgehead atoms. The van der Waals surface area contributed by atoms with Crippen molar-refractivity contribution in [1.29, 1.82) is 0 Å². The van der Waals surface area contributed by atoms with Gasteiger partial charge < -0.3 is 9.88 Å². The number of hydrogen-bond acceptors (Lipinski definition) is 5. The van der Waals surface area contributed by atoms with Crippen molar-refractivity contribution in [3.05, 3.63) is 70.3 Å². The maximum absolute atomic E-state index is 13.7. The van der Waals surface area contributed by atoms with E-state index in [0.29, 0.717) is 31.6 Å². The Morgan fingerprint density at radius 3 is 2.61 bits per heavy atom. The third-order valence-corrected chi connectivity index (χ3v) is 8.51. The highest BCUT2D eigenvalue weighted by Gasteiger charge is 2.35. The monoisotopic (exact) mass is 466 g/mol. The number of piperidine rings is 1. The van der Waals surface area contributed by atoms with Crippen LogP contribution in [-0.2, 0) is 10.0 Å². The Morgan fingerprint density at radius 2 is 1.85 bits per heavy atom. The minimum Gasteiger partial charge on any atom is -0.360 e. The highest BCUT2D eigenvalue weighted by atomic mass is 32.2. The molecule has 1 N–H and O–H groups in total. The molecule has 5 rings (SSSR count). The lowest BCUT2D eigenvalue weighted by atomic mass is 9.99. The Balaban J connectivity index is 1.55. The van der Waals surface area contributed by atoms with Gasteiger partial charge in [0.15, 0.2) is 0 Å². The van der Waals surface area contributed by atoms with Gasteiger partial charge in [-0.05, 0) is 55.5 Å². The predicted molar refractivity (Wildman–Crippen MR) is 124 cm³/mol. The normalized spacial score (nSPS) is 19.8. The zero-order chi connectivity index (χ0) is 23.0. The predicted octanol–water partition coefficient (Wildman–Crippen LogP) is 3.08. The first kappa shape index (κ1) is 21.8. The Labute approximate surface area is 192 Å². The molecule has 2 saturated heterocycles. The fraction of sp³-hybridized carbons (Fsp3) is 0.375. The minimum atomic E-state index is -3.86. The molecule has 3 aromatic rings. The summed E-state index contributed by atoms with van der Waals surface area (Å²) in [7, 11) is -3.86. The number of H-pyrrole nitrogens is 1. The van der Waals surface area contributed by atoms with Crippen molar-refractivity contribution in [2.75, 3.05) is 19.6 Å². The standard InChI is InChI=1S/C24H26N4O4S/c29-23-19-14-18(8-9-21(19)26-16-20(23)24(30)27-11-3-4-12-27)33(31,32)28-13-2-1-7-22(28)17-6-5-10-25-15-17/h5-6,8-10,14-16,22H,1-4,7,11-13H2,(H,26,29). The van der Waals surface area contributed by atoms with Crippen molar-refractivity contribution in [2.24, 2.45) is 0 Å². The van der Waals surface area contributed by atoms with Crippen LogP contribution in [0.1, 0.15) is 54.1 Å². The molecule has 8 nitrogen and oxygen atoms in total. The first-order valence-electron chi connectivity index (χ1n) is 11.3. The van der Waals surface area contributed by atoms with E-state index >= 15 is 0 Å². The molecule has 33 heavy (non-hydrogen) atoms. The smallest absolute Gasteiger partial charge is 0.259 e. The van der Waals surface area contributed by atoms with Crippen molar-refractivity contribution in [2.45, 2.75) is 43.0 Å². The lowest BCUT2D eigenvalue weighted by molar-refractivity contribution is 0.0791. The minimum absolute atomic E-state index is 0.0464. The van der Waals surface area contributed by atoms with E-state index in [-0.39, 0.29) is 27.8 Å². The van der Waals surface area contributed by atoms with Gasteiger partial charge in [0.25, 0.3) is 5.91 Å². The first-order valence-corrected chi connectivity index (χ1v) is 12.8. The molecule has 4 heterocycles. The summed E-state index contributed by atoms with van der Waals surface area (Å²) in [5.41, 5.74) is 0.961. The van der Waals surface area contributed by atoms with Crippen LogP contribution in [0.25, 0.3) is 10.9 Å². The molecule has 0 radical (unpaired) electrons. The highest BCUT2D eigenvalue weighted by Crippen LogP contribution is 2.35. The average molecular weight is 467 g/mol. The largest absolute Gasteiger partial charge is 0.360 e. The number of nitrogens with one attached hydrogen (secondary N) is 1. The van der Waals surface area contributed by atoms with Crippen LogP contribution in [0.5, 0.6) is 0 Å². The quantitative estimate of drug-likeness (QED) is 0.636. The van der Waals surface area contributed by atoms with Gasteiger partial charge >= 0.3 is 0 Å². The molecule has 0 spiro atoms. The van der Waals surface area contributed by atoms with Gasteiger partial charge in [0, 0.05) is 49.1 Å². The molecule has 2 fully saturated rings. The molecular weight excluding hydrogens is 440 g/mol. The maximum Gasteiger partial charge on any atom is 0.259 e. The number of benzene rings is 1.